The Morgan fingerprint density at radius 1 is 1.46 bits per heavy atom. The number of hydrogen-bond donors (Lipinski definition) is 1. The fraction of sp³-hybridized carbons (Fsp3) is 0.818. The van der Waals surface area contributed by atoms with Gasteiger partial charge in [0.2, 0.25) is 0 Å². The van der Waals surface area contributed by atoms with Crippen molar-refractivity contribution >= 4 is 0 Å². The highest BCUT2D eigenvalue weighted by Gasteiger charge is 2.22. The van der Waals surface area contributed by atoms with Gasteiger partial charge in [-0.2, -0.15) is 0 Å². The molecule has 0 amide bonds. The van der Waals surface area contributed by atoms with Gasteiger partial charge in [-0.3, -0.25) is 0 Å². The van der Waals surface area contributed by atoms with Crippen molar-refractivity contribution in [2.24, 2.45) is 5.92 Å². The van der Waals surface area contributed by atoms with E-state index in [1.807, 2.05) is 20.0 Å². The molecule has 0 aromatic heterocycles. The zero-order valence-electron chi connectivity index (χ0n) is 9.34. The quantitative estimate of drug-likeness (QED) is 0.614. The Balaban J connectivity index is 4.19. The van der Waals surface area contributed by atoms with Crippen LogP contribution in [0.1, 0.15) is 27.2 Å². The van der Waals surface area contributed by atoms with E-state index < -0.39 is 0 Å². The molecule has 0 radical (unpaired) electrons. The minimum Gasteiger partial charge on any atom is -0.377 e. The van der Waals surface area contributed by atoms with Crippen molar-refractivity contribution in [3.05, 3.63) is 12.7 Å². The van der Waals surface area contributed by atoms with Gasteiger partial charge in [0.05, 0.1) is 6.10 Å². The van der Waals surface area contributed by atoms with Crippen LogP contribution in [0.15, 0.2) is 12.7 Å². The van der Waals surface area contributed by atoms with Crippen molar-refractivity contribution in [3.63, 3.8) is 0 Å². The van der Waals surface area contributed by atoms with Crippen LogP contribution in [-0.4, -0.2) is 25.8 Å². The van der Waals surface area contributed by atoms with Crippen LogP contribution in [0.2, 0.25) is 0 Å². The molecule has 0 spiro atoms. The molecule has 13 heavy (non-hydrogen) atoms. The maximum Gasteiger partial charge on any atom is 0.0753 e. The number of hydrogen-bond acceptors (Lipinski definition) is 2. The molecule has 0 saturated heterocycles. The lowest BCUT2D eigenvalue weighted by molar-refractivity contribution is 0.00598. The standard InChI is InChI=1S/C11H23NO/c1-6-8-10(12-5)11(9(3)4)13-7-2/h6,9-12H,1,7-8H2,2-5H3. The Labute approximate surface area is 82.4 Å². The number of rotatable bonds is 7. The molecule has 0 aliphatic heterocycles. The van der Waals surface area contributed by atoms with Crippen molar-refractivity contribution in [1.82, 2.24) is 5.32 Å². The lowest BCUT2D eigenvalue weighted by atomic mass is 9.97. The van der Waals surface area contributed by atoms with Gasteiger partial charge in [-0.05, 0) is 26.3 Å². The maximum absolute atomic E-state index is 5.70. The van der Waals surface area contributed by atoms with E-state index in [9.17, 15) is 0 Å². The van der Waals surface area contributed by atoms with Crippen molar-refractivity contribution < 1.29 is 4.74 Å². The van der Waals surface area contributed by atoms with Gasteiger partial charge in [0, 0.05) is 12.6 Å². The van der Waals surface area contributed by atoms with Gasteiger partial charge in [-0.25, -0.2) is 0 Å². The lowest BCUT2D eigenvalue weighted by Crippen LogP contribution is -2.42. The van der Waals surface area contributed by atoms with Crippen molar-refractivity contribution in [2.75, 3.05) is 13.7 Å². The van der Waals surface area contributed by atoms with Crippen molar-refractivity contribution in [1.29, 1.82) is 0 Å². The first kappa shape index (κ1) is 12.7. The highest BCUT2D eigenvalue weighted by molar-refractivity contribution is 4.85. The summed E-state index contributed by atoms with van der Waals surface area (Å²) >= 11 is 0. The van der Waals surface area contributed by atoms with E-state index in [4.69, 9.17) is 4.74 Å². The molecule has 0 heterocycles. The molecule has 2 nitrogen and oxygen atoms in total. The fourth-order valence-corrected chi connectivity index (χ4v) is 1.56. The van der Waals surface area contributed by atoms with E-state index >= 15 is 0 Å². The average molecular weight is 185 g/mol. The zero-order valence-corrected chi connectivity index (χ0v) is 9.34. The Hall–Kier alpha value is -0.340. The molecule has 0 fully saturated rings. The topological polar surface area (TPSA) is 21.3 Å². The summed E-state index contributed by atoms with van der Waals surface area (Å²) in [5.74, 6) is 0.539. The Bertz CT molecular complexity index is 134. The summed E-state index contributed by atoms with van der Waals surface area (Å²) in [4.78, 5) is 0. The number of nitrogens with one attached hydrogen (secondary N) is 1. The van der Waals surface area contributed by atoms with Gasteiger partial charge in [0.15, 0.2) is 0 Å². The third-order valence-corrected chi connectivity index (χ3v) is 2.20. The first-order valence-corrected chi connectivity index (χ1v) is 5.07. The predicted octanol–water partition coefficient (Wildman–Crippen LogP) is 2.21. The van der Waals surface area contributed by atoms with E-state index in [0.717, 1.165) is 13.0 Å². The fourth-order valence-electron chi connectivity index (χ4n) is 1.56. The molecule has 2 heteroatoms. The number of likely N-dealkylation sites (N-methyl/N-ethyl adjacent to an activating group) is 1. The zero-order chi connectivity index (χ0) is 10.3. The summed E-state index contributed by atoms with van der Waals surface area (Å²) in [6.07, 6.45) is 3.18. The van der Waals surface area contributed by atoms with Crippen LogP contribution in [-0.2, 0) is 4.74 Å². The van der Waals surface area contributed by atoms with Gasteiger partial charge < -0.3 is 10.1 Å². The molecule has 2 atom stereocenters. The molecular weight excluding hydrogens is 162 g/mol. The molecule has 0 aromatic carbocycles. The molecule has 78 valence electrons. The first-order valence-electron chi connectivity index (χ1n) is 5.07. The van der Waals surface area contributed by atoms with Crippen LogP contribution in [0.25, 0.3) is 0 Å². The maximum atomic E-state index is 5.70. The van der Waals surface area contributed by atoms with Gasteiger partial charge in [-0.1, -0.05) is 19.9 Å². The Morgan fingerprint density at radius 3 is 2.38 bits per heavy atom. The van der Waals surface area contributed by atoms with E-state index in [1.54, 1.807) is 0 Å². The van der Waals surface area contributed by atoms with Crippen LogP contribution < -0.4 is 5.32 Å². The highest BCUT2D eigenvalue weighted by Crippen LogP contribution is 2.13. The summed E-state index contributed by atoms with van der Waals surface area (Å²) in [5.41, 5.74) is 0. The second kappa shape index (κ2) is 7.10. The van der Waals surface area contributed by atoms with Crippen molar-refractivity contribution in [3.8, 4) is 0 Å². The van der Waals surface area contributed by atoms with Gasteiger partial charge in [0.25, 0.3) is 0 Å². The van der Waals surface area contributed by atoms with Crippen LogP contribution in [0, 0.1) is 5.92 Å². The van der Waals surface area contributed by atoms with Crippen LogP contribution in [0.5, 0.6) is 0 Å². The molecule has 0 aliphatic carbocycles. The Kier molecular flexibility index (Phi) is 6.92. The van der Waals surface area contributed by atoms with Crippen LogP contribution in [0.3, 0.4) is 0 Å². The molecule has 0 saturated carbocycles. The second-order valence-electron chi connectivity index (χ2n) is 3.58. The smallest absolute Gasteiger partial charge is 0.0753 e. The Morgan fingerprint density at radius 2 is 2.08 bits per heavy atom. The molecule has 0 rings (SSSR count). The molecule has 1 N–H and O–H groups in total. The van der Waals surface area contributed by atoms with E-state index in [-0.39, 0.29) is 6.10 Å². The van der Waals surface area contributed by atoms with Crippen LogP contribution >= 0.6 is 0 Å². The highest BCUT2D eigenvalue weighted by atomic mass is 16.5. The third-order valence-electron chi connectivity index (χ3n) is 2.20. The first-order chi connectivity index (χ1) is 6.17. The summed E-state index contributed by atoms with van der Waals surface area (Å²) in [6.45, 7) is 10.9. The summed E-state index contributed by atoms with van der Waals surface area (Å²) in [7, 11) is 1.97. The second-order valence-corrected chi connectivity index (χ2v) is 3.58. The molecule has 2 unspecified atom stereocenters. The molecule has 0 aliphatic rings. The van der Waals surface area contributed by atoms with Gasteiger partial charge >= 0.3 is 0 Å². The predicted molar refractivity (Wildman–Crippen MR) is 57.9 cm³/mol. The monoisotopic (exact) mass is 185 g/mol. The lowest BCUT2D eigenvalue weighted by Gasteiger charge is -2.29. The minimum atomic E-state index is 0.285. The van der Waals surface area contributed by atoms with E-state index in [1.165, 1.54) is 0 Å². The average Bonchev–Trinajstić information content (AvgIpc) is 2.10. The summed E-state index contributed by atoms with van der Waals surface area (Å²) in [5, 5.41) is 3.27. The molecular formula is C11H23NO. The summed E-state index contributed by atoms with van der Waals surface area (Å²) < 4.78 is 5.70. The van der Waals surface area contributed by atoms with E-state index in [0.29, 0.717) is 12.0 Å². The normalized spacial score (nSPS) is 15.8. The minimum absolute atomic E-state index is 0.285. The third kappa shape index (κ3) is 4.44. The van der Waals surface area contributed by atoms with Gasteiger partial charge in [-0.15, -0.1) is 6.58 Å². The van der Waals surface area contributed by atoms with Crippen molar-refractivity contribution in [2.45, 2.75) is 39.3 Å². The van der Waals surface area contributed by atoms with Crippen LogP contribution in [0.4, 0.5) is 0 Å². The largest absolute Gasteiger partial charge is 0.377 e. The van der Waals surface area contributed by atoms with E-state index in [2.05, 4.69) is 25.7 Å². The number of ether oxygens (including phenoxy) is 1. The SMILES string of the molecule is C=CCC(NC)C(OCC)C(C)C. The molecule has 0 bridgehead atoms. The molecule has 0 aromatic rings. The summed E-state index contributed by atoms with van der Waals surface area (Å²) in [6, 6.07) is 0.387. The van der Waals surface area contributed by atoms with Gasteiger partial charge in [0.1, 0.15) is 0 Å².